The van der Waals surface area contributed by atoms with E-state index >= 15 is 0 Å². The maximum absolute atomic E-state index is 6.67. The third kappa shape index (κ3) is 3.87. The molecule has 4 heteroatoms. The van der Waals surface area contributed by atoms with Gasteiger partial charge in [0.1, 0.15) is 16.7 Å². The van der Waals surface area contributed by atoms with E-state index in [9.17, 15) is 0 Å². The number of benzene rings is 8. The van der Waals surface area contributed by atoms with Gasteiger partial charge in [0.05, 0.1) is 16.7 Å². The van der Waals surface area contributed by atoms with Gasteiger partial charge >= 0.3 is 0 Å². The number of anilines is 3. The number of rotatable bonds is 4. The Morgan fingerprint density at radius 1 is 0.400 bits per heavy atom. The van der Waals surface area contributed by atoms with Gasteiger partial charge in [-0.3, -0.25) is 0 Å². The molecular formula is C46H28N2O2. The molecule has 3 heterocycles. The molecule has 0 N–H and O–H groups in total. The predicted octanol–water partition coefficient (Wildman–Crippen LogP) is 13.2. The van der Waals surface area contributed by atoms with Crippen LogP contribution in [0.1, 0.15) is 0 Å². The van der Waals surface area contributed by atoms with Crippen LogP contribution in [0.25, 0.3) is 82.1 Å². The number of nitrogens with zero attached hydrogens (tertiary/aromatic N) is 2. The molecule has 8 aromatic carbocycles. The van der Waals surface area contributed by atoms with Crippen LogP contribution in [-0.4, -0.2) is 4.57 Å². The average Bonchev–Trinajstić information content (AvgIpc) is 3.85. The van der Waals surface area contributed by atoms with Gasteiger partial charge in [-0.25, -0.2) is 0 Å². The highest BCUT2D eigenvalue weighted by atomic mass is 16.3. The molecule has 11 rings (SSSR count). The summed E-state index contributed by atoms with van der Waals surface area (Å²) in [7, 11) is 0. The Kier molecular flexibility index (Phi) is 5.63. The third-order valence-corrected chi connectivity index (χ3v) is 10.2. The molecule has 0 saturated heterocycles. The van der Waals surface area contributed by atoms with Gasteiger partial charge in [-0.05, 0) is 77.5 Å². The van der Waals surface area contributed by atoms with E-state index in [2.05, 4.69) is 167 Å². The van der Waals surface area contributed by atoms with E-state index in [1.165, 1.54) is 27.1 Å². The summed E-state index contributed by atoms with van der Waals surface area (Å²) in [5.74, 6) is 0. The number of hydrogen-bond acceptors (Lipinski definition) is 3. The van der Waals surface area contributed by atoms with Crippen LogP contribution in [0.5, 0.6) is 0 Å². The van der Waals surface area contributed by atoms with Gasteiger partial charge in [0, 0.05) is 49.4 Å². The molecule has 3 aromatic heterocycles. The zero-order valence-corrected chi connectivity index (χ0v) is 26.9. The fraction of sp³-hybridized carbons (Fsp3) is 0. The van der Waals surface area contributed by atoms with Gasteiger partial charge in [-0.15, -0.1) is 0 Å². The van der Waals surface area contributed by atoms with Gasteiger partial charge in [0.15, 0.2) is 5.58 Å². The first-order chi connectivity index (χ1) is 24.8. The second-order valence-corrected chi connectivity index (χ2v) is 12.9. The quantitative estimate of drug-likeness (QED) is 0.192. The number of para-hydroxylation sites is 4. The Bertz CT molecular complexity index is 3110. The van der Waals surface area contributed by atoms with Crippen molar-refractivity contribution in [3.63, 3.8) is 0 Å². The molecule has 0 saturated carbocycles. The molecule has 234 valence electrons. The lowest BCUT2D eigenvalue weighted by Gasteiger charge is -2.26. The SMILES string of the molecule is c1ccc(-n2c3ccccc3c3ccc(N(c4ccc5oc6ccc7ccccc7c6c5c4)c4cccc5c4oc4ccccc45)cc32)cc1. The maximum atomic E-state index is 6.67. The van der Waals surface area contributed by atoms with Gasteiger partial charge in [-0.2, -0.15) is 0 Å². The maximum Gasteiger partial charge on any atom is 0.159 e. The third-order valence-electron chi connectivity index (χ3n) is 10.2. The van der Waals surface area contributed by atoms with Crippen molar-refractivity contribution in [1.82, 2.24) is 4.57 Å². The van der Waals surface area contributed by atoms with Crippen molar-refractivity contribution in [1.29, 1.82) is 0 Å². The Balaban J connectivity index is 1.23. The molecular weight excluding hydrogens is 613 g/mol. The van der Waals surface area contributed by atoms with Crippen LogP contribution in [0.2, 0.25) is 0 Å². The minimum absolute atomic E-state index is 0.847. The number of furan rings is 2. The number of hydrogen-bond donors (Lipinski definition) is 0. The first-order valence-corrected chi connectivity index (χ1v) is 16.9. The summed E-state index contributed by atoms with van der Waals surface area (Å²) in [6, 6.07) is 60.1. The van der Waals surface area contributed by atoms with Crippen molar-refractivity contribution in [3.05, 3.63) is 170 Å². The standard InChI is InChI=1S/C46H28N2O2/c1-2-12-30(13-3-1)48-39-18-8-6-15-34(39)35-24-22-32(28-41(35)48)47(40-19-10-17-37-36-16-7-9-20-42(36)50-46(37)40)31-23-26-43-38(27-31)45-33-14-5-4-11-29(33)21-25-44(45)49-43/h1-28H. The molecule has 0 unspecified atom stereocenters. The molecule has 0 fully saturated rings. The first-order valence-electron chi connectivity index (χ1n) is 16.9. The van der Waals surface area contributed by atoms with Crippen molar-refractivity contribution in [2.45, 2.75) is 0 Å². The van der Waals surface area contributed by atoms with E-state index in [1.54, 1.807) is 0 Å². The minimum Gasteiger partial charge on any atom is -0.456 e. The van der Waals surface area contributed by atoms with Crippen LogP contribution >= 0.6 is 0 Å². The number of aromatic nitrogens is 1. The summed E-state index contributed by atoms with van der Waals surface area (Å²) >= 11 is 0. The molecule has 0 amide bonds. The molecule has 0 aliphatic carbocycles. The average molecular weight is 641 g/mol. The molecule has 0 aliphatic rings. The van der Waals surface area contributed by atoms with E-state index < -0.39 is 0 Å². The zero-order chi connectivity index (χ0) is 32.8. The Hall–Kier alpha value is -6.78. The second kappa shape index (κ2) is 10.4. The van der Waals surface area contributed by atoms with Gasteiger partial charge < -0.3 is 18.3 Å². The van der Waals surface area contributed by atoms with Crippen LogP contribution in [0.15, 0.2) is 179 Å². The van der Waals surface area contributed by atoms with Crippen LogP contribution < -0.4 is 4.90 Å². The normalized spacial score (nSPS) is 12.0. The fourth-order valence-electron chi connectivity index (χ4n) is 7.96. The van der Waals surface area contributed by atoms with E-state index in [4.69, 9.17) is 8.83 Å². The second-order valence-electron chi connectivity index (χ2n) is 12.9. The molecule has 50 heavy (non-hydrogen) atoms. The summed E-state index contributed by atoms with van der Waals surface area (Å²) in [6.07, 6.45) is 0. The van der Waals surface area contributed by atoms with Gasteiger partial charge in [-0.1, -0.05) is 103 Å². The molecule has 0 atom stereocenters. The Morgan fingerprint density at radius 3 is 2.00 bits per heavy atom. The summed E-state index contributed by atoms with van der Waals surface area (Å²) < 4.78 is 15.5. The predicted molar refractivity (Wildman–Crippen MR) is 208 cm³/mol. The fourth-order valence-corrected chi connectivity index (χ4v) is 7.96. The number of fused-ring (bicyclic) bond motifs is 11. The van der Waals surface area contributed by atoms with Crippen molar-refractivity contribution >= 4 is 93.5 Å². The molecule has 4 nitrogen and oxygen atoms in total. The van der Waals surface area contributed by atoms with E-state index in [0.717, 1.165) is 72.1 Å². The summed E-state index contributed by atoms with van der Waals surface area (Å²) in [4.78, 5) is 2.33. The highest BCUT2D eigenvalue weighted by Gasteiger charge is 2.22. The summed E-state index contributed by atoms with van der Waals surface area (Å²) in [5, 5.41) is 9.20. The first kappa shape index (κ1) is 27.2. The molecule has 0 aliphatic heterocycles. The molecule has 0 bridgehead atoms. The summed E-state index contributed by atoms with van der Waals surface area (Å²) in [6.45, 7) is 0. The van der Waals surface area contributed by atoms with Crippen LogP contribution in [-0.2, 0) is 0 Å². The molecule has 11 aromatic rings. The van der Waals surface area contributed by atoms with Crippen LogP contribution in [0, 0.1) is 0 Å². The molecule has 0 spiro atoms. The van der Waals surface area contributed by atoms with E-state index in [1.807, 2.05) is 12.1 Å². The lowest BCUT2D eigenvalue weighted by atomic mass is 10.0. The van der Waals surface area contributed by atoms with E-state index in [0.29, 0.717) is 0 Å². The van der Waals surface area contributed by atoms with Crippen molar-refractivity contribution in [2.24, 2.45) is 0 Å². The highest BCUT2D eigenvalue weighted by molar-refractivity contribution is 6.20. The zero-order valence-electron chi connectivity index (χ0n) is 26.9. The Labute approximate surface area is 286 Å². The van der Waals surface area contributed by atoms with Crippen molar-refractivity contribution in [3.8, 4) is 5.69 Å². The van der Waals surface area contributed by atoms with Crippen LogP contribution in [0.3, 0.4) is 0 Å². The molecule has 0 radical (unpaired) electrons. The van der Waals surface area contributed by atoms with Gasteiger partial charge in [0.2, 0.25) is 0 Å². The highest BCUT2D eigenvalue weighted by Crippen LogP contribution is 2.45. The monoisotopic (exact) mass is 640 g/mol. The van der Waals surface area contributed by atoms with Crippen molar-refractivity contribution < 1.29 is 8.83 Å². The van der Waals surface area contributed by atoms with Crippen molar-refractivity contribution in [2.75, 3.05) is 4.90 Å². The van der Waals surface area contributed by atoms with E-state index in [-0.39, 0.29) is 0 Å². The lowest BCUT2D eigenvalue weighted by molar-refractivity contribution is 0.669. The lowest BCUT2D eigenvalue weighted by Crippen LogP contribution is -2.10. The van der Waals surface area contributed by atoms with Crippen LogP contribution in [0.4, 0.5) is 17.1 Å². The largest absolute Gasteiger partial charge is 0.456 e. The summed E-state index contributed by atoms with van der Waals surface area (Å²) in [5.41, 5.74) is 9.92. The smallest absolute Gasteiger partial charge is 0.159 e. The Morgan fingerprint density at radius 2 is 1.08 bits per heavy atom. The van der Waals surface area contributed by atoms with Gasteiger partial charge in [0.25, 0.3) is 0 Å². The topological polar surface area (TPSA) is 34.5 Å². The minimum atomic E-state index is 0.847.